The van der Waals surface area contributed by atoms with E-state index in [-0.39, 0.29) is 11.4 Å². The number of benzene rings is 1. The van der Waals surface area contributed by atoms with E-state index in [0.717, 1.165) is 37.1 Å². The molecule has 1 aliphatic carbocycles. The third-order valence-corrected chi connectivity index (χ3v) is 4.34. The molecule has 0 unspecified atom stereocenters. The Morgan fingerprint density at radius 1 is 0.923 bits per heavy atom. The number of alkyl halides is 3. The van der Waals surface area contributed by atoms with E-state index in [2.05, 4.69) is 20.8 Å². The van der Waals surface area contributed by atoms with Gasteiger partial charge in [-0.2, -0.15) is 13.2 Å². The highest BCUT2D eigenvalue weighted by Crippen LogP contribution is 2.29. The molecule has 0 atom stereocenters. The molecule has 5 nitrogen and oxygen atoms in total. The summed E-state index contributed by atoms with van der Waals surface area (Å²) >= 11 is 0. The number of hydrogen-bond acceptors (Lipinski definition) is 4. The molecule has 2 N–H and O–H groups in total. The number of halogens is 3. The molecule has 0 saturated heterocycles. The van der Waals surface area contributed by atoms with Crippen molar-refractivity contribution in [2.24, 2.45) is 0 Å². The molecule has 26 heavy (non-hydrogen) atoms. The molecular formula is C18H19F3N4O. The second kappa shape index (κ2) is 7.72. The zero-order chi connectivity index (χ0) is 18.6. The van der Waals surface area contributed by atoms with Crippen LogP contribution in [0.3, 0.4) is 0 Å². The van der Waals surface area contributed by atoms with Crippen LogP contribution < -0.4 is 10.6 Å². The summed E-state index contributed by atoms with van der Waals surface area (Å²) in [6.45, 7) is 0. The van der Waals surface area contributed by atoms with Gasteiger partial charge in [-0.05, 0) is 49.2 Å². The van der Waals surface area contributed by atoms with Gasteiger partial charge in [0.25, 0.3) is 5.91 Å². The van der Waals surface area contributed by atoms with Gasteiger partial charge >= 0.3 is 6.18 Å². The Kier molecular flexibility index (Phi) is 5.39. The van der Waals surface area contributed by atoms with Gasteiger partial charge in [0.1, 0.15) is 5.82 Å². The number of carbonyl (C=O) groups is 1. The van der Waals surface area contributed by atoms with Crippen molar-refractivity contribution in [1.29, 1.82) is 0 Å². The largest absolute Gasteiger partial charge is 0.416 e. The monoisotopic (exact) mass is 364 g/mol. The van der Waals surface area contributed by atoms with E-state index in [4.69, 9.17) is 0 Å². The van der Waals surface area contributed by atoms with Gasteiger partial charge in [0.2, 0.25) is 0 Å². The molecule has 0 spiro atoms. The molecule has 1 saturated carbocycles. The van der Waals surface area contributed by atoms with E-state index in [0.29, 0.717) is 11.9 Å². The first-order valence-electron chi connectivity index (χ1n) is 8.51. The van der Waals surface area contributed by atoms with Crippen LogP contribution in [0.2, 0.25) is 0 Å². The van der Waals surface area contributed by atoms with Gasteiger partial charge in [-0.1, -0.05) is 19.3 Å². The molecule has 3 rings (SSSR count). The number of amides is 1. The normalized spacial score (nSPS) is 15.5. The Labute approximate surface area is 149 Å². The Bertz CT molecular complexity index is 739. The van der Waals surface area contributed by atoms with Crippen LogP contribution >= 0.6 is 0 Å². The van der Waals surface area contributed by atoms with Crippen LogP contribution in [0.4, 0.5) is 24.8 Å². The molecule has 1 fully saturated rings. The first kappa shape index (κ1) is 18.2. The van der Waals surface area contributed by atoms with E-state index in [1.54, 1.807) is 12.1 Å². The van der Waals surface area contributed by atoms with Crippen molar-refractivity contribution >= 4 is 17.5 Å². The summed E-state index contributed by atoms with van der Waals surface area (Å²) in [7, 11) is 0. The molecule has 1 aromatic heterocycles. The highest BCUT2D eigenvalue weighted by atomic mass is 19.4. The summed E-state index contributed by atoms with van der Waals surface area (Å²) in [4.78, 5) is 12.1. The number of carbonyl (C=O) groups excluding carboxylic acids is 1. The minimum Gasteiger partial charge on any atom is -0.366 e. The second-order valence-electron chi connectivity index (χ2n) is 6.31. The first-order chi connectivity index (χ1) is 12.4. The van der Waals surface area contributed by atoms with Gasteiger partial charge in [-0.15, -0.1) is 10.2 Å². The highest BCUT2D eigenvalue weighted by molar-refractivity contribution is 6.03. The van der Waals surface area contributed by atoms with Crippen LogP contribution in [0.25, 0.3) is 0 Å². The van der Waals surface area contributed by atoms with E-state index >= 15 is 0 Å². The molecule has 0 aliphatic heterocycles. The fourth-order valence-corrected chi connectivity index (χ4v) is 2.93. The number of nitrogens with one attached hydrogen (secondary N) is 2. The zero-order valence-electron chi connectivity index (χ0n) is 14.0. The SMILES string of the molecule is O=C(Nc1ccc(NC2CCCCC2)nn1)c1ccc(C(F)(F)F)cc1. The second-order valence-corrected chi connectivity index (χ2v) is 6.31. The molecule has 1 heterocycles. The van der Waals surface area contributed by atoms with Crippen molar-refractivity contribution in [2.75, 3.05) is 10.6 Å². The molecule has 1 aromatic carbocycles. The molecule has 138 valence electrons. The zero-order valence-corrected chi connectivity index (χ0v) is 14.0. The minimum atomic E-state index is -4.43. The molecule has 2 aromatic rings. The quantitative estimate of drug-likeness (QED) is 0.839. The molecule has 0 radical (unpaired) electrons. The highest BCUT2D eigenvalue weighted by Gasteiger charge is 2.30. The van der Waals surface area contributed by atoms with Crippen LogP contribution in [0.1, 0.15) is 48.0 Å². The number of anilines is 2. The van der Waals surface area contributed by atoms with Crippen molar-refractivity contribution in [3.63, 3.8) is 0 Å². The fraction of sp³-hybridized carbons (Fsp3) is 0.389. The predicted molar refractivity (Wildman–Crippen MR) is 91.9 cm³/mol. The topological polar surface area (TPSA) is 66.9 Å². The van der Waals surface area contributed by atoms with Gasteiger partial charge in [0, 0.05) is 11.6 Å². The summed E-state index contributed by atoms with van der Waals surface area (Å²) < 4.78 is 37.6. The lowest BCUT2D eigenvalue weighted by Crippen LogP contribution is -2.23. The Hall–Kier alpha value is -2.64. The number of hydrogen-bond donors (Lipinski definition) is 2. The van der Waals surface area contributed by atoms with E-state index in [1.165, 1.54) is 19.3 Å². The van der Waals surface area contributed by atoms with E-state index in [9.17, 15) is 18.0 Å². The summed E-state index contributed by atoms with van der Waals surface area (Å²) in [5, 5.41) is 13.8. The van der Waals surface area contributed by atoms with E-state index in [1.807, 2.05) is 0 Å². The van der Waals surface area contributed by atoms with Crippen LogP contribution in [-0.4, -0.2) is 22.1 Å². The summed E-state index contributed by atoms with van der Waals surface area (Å²) in [5.41, 5.74) is -0.684. The van der Waals surface area contributed by atoms with Crippen LogP contribution in [-0.2, 0) is 6.18 Å². The molecular weight excluding hydrogens is 345 g/mol. The van der Waals surface area contributed by atoms with E-state index < -0.39 is 17.6 Å². The maximum atomic E-state index is 12.5. The van der Waals surface area contributed by atoms with Gasteiger partial charge < -0.3 is 10.6 Å². The number of aromatic nitrogens is 2. The van der Waals surface area contributed by atoms with Gasteiger partial charge in [-0.25, -0.2) is 0 Å². The smallest absolute Gasteiger partial charge is 0.366 e. The molecule has 0 bridgehead atoms. The predicted octanol–water partition coefficient (Wildman–Crippen LogP) is 4.49. The summed E-state index contributed by atoms with van der Waals surface area (Å²) in [6, 6.07) is 7.74. The number of rotatable bonds is 4. The van der Waals surface area contributed by atoms with Crippen molar-refractivity contribution in [3.8, 4) is 0 Å². The Morgan fingerprint density at radius 2 is 1.54 bits per heavy atom. The Morgan fingerprint density at radius 3 is 2.12 bits per heavy atom. The summed E-state index contributed by atoms with van der Waals surface area (Å²) in [5.74, 6) is 0.342. The van der Waals surface area contributed by atoms with Crippen LogP contribution in [0.15, 0.2) is 36.4 Å². The third-order valence-electron chi connectivity index (χ3n) is 4.34. The van der Waals surface area contributed by atoms with Crippen molar-refractivity contribution < 1.29 is 18.0 Å². The lowest BCUT2D eigenvalue weighted by atomic mass is 9.95. The lowest BCUT2D eigenvalue weighted by molar-refractivity contribution is -0.137. The van der Waals surface area contributed by atoms with Crippen molar-refractivity contribution in [2.45, 2.75) is 44.3 Å². The average Bonchev–Trinajstić information content (AvgIpc) is 2.63. The van der Waals surface area contributed by atoms with Gasteiger partial charge in [0.05, 0.1) is 5.56 Å². The Balaban J connectivity index is 1.58. The fourth-order valence-electron chi connectivity index (χ4n) is 2.93. The van der Waals surface area contributed by atoms with Crippen molar-refractivity contribution in [1.82, 2.24) is 10.2 Å². The lowest BCUT2D eigenvalue weighted by Gasteiger charge is -2.22. The van der Waals surface area contributed by atoms with Crippen LogP contribution in [0, 0.1) is 0 Å². The first-order valence-corrected chi connectivity index (χ1v) is 8.51. The number of nitrogens with zero attached hydrogens (tertiary/aromatic N) is 2. The van der Waals surface area contributed by atoms with Gasteiger partial charge in [0.15, 0.2) is 5.82 Å². The average molecular weight is 364 g/mol. The standard InChI is InChI=1S/C18H19F3N4O/c19-18(20,21)13-8-6-12(7-9-13)17(26)23-16-11-10-15(24-25-16)22-14-4-2-1-3-5-14/h6-11,14H,1-5H2,(H,22,24)(H,23,25,26). The minimum absolute atomic E-state index is 0.115. The maximum absolute atomic E-state index is 12.5. The summed E-state index contributed by atoms with van der Waals surface area (Å²) in [6.07, 6.45) is 1.45. The molecule has 8 heteroatoms. The molecule has 1 aliphatic rings. The van der Waals surface area contributed by atoms with Gasteiger partial charge in [-0.3, -0.25) is 4.79 Å². The van der Waals surface area contributed by atoms with Crippen molar-refractivity contribution in [3.05, 3.63) is 47.5 Å². The van der Waals surface area contributed by atoms with Crippen LogP contribution in [0.5, 0.6) is 0 Å². The molecule has 1 amide bonds. The third kappa shape index (κ3) is 4.71. The maximum Gasteiger partial charge on any atom is 0.416 e.